The van der Waals surface area contributed by atoms with Crippen molar-refractivity contribution in [3.8, 4) is 0 Å². The fourth-order valence-corrected chi connectivity index (χ4v) is 2.22. The average molecular weight is 355 g/mol. The van der Waals surface area contributed by atoms with E-state index in [0.717, 1.165) is 5.56 Å². The van der Waals surface area contributed by atoms with E-state index in [4.69, 9.17) is 9.47 Å². The van der Waals surface area contributed by atoms with Gasteiger partial charge in [-0.3, -0.25) is 9.59 Å². The normalized spacial score (nSPS) is 11.5. The molecule has 1 atom stereocenters. The second-order valence-electron chi connectivity index (χ2n) is 5.80. The minimum atomic E-state index is -0.964. The van der Waals surface area contributed by atoms with Crippen molar-refractivity contribution < 1.29 is 23.9 Å². The van der Waals surface area contributed by atoms with E-state index in [1.807, 2.05) is 0 Å². The number of rotatable bonds is 7. The molecule has 0 saturated carbocycles. The first-order chi connectivity index (χ1) is 12.4. The Morgan fingerprint density at radius 1 is 0.962 bits per heavy atom. The number of carbonyl (C=O) groups excluding carboxylic acids is 3. The summed E-state index contributed by atoms with van der Waals surface area (Å²) in [6.45, 7) is 3.42. The zero-order chi connectivity index (χ0) is 19.1. The smallest absolute Gasteiger partial charge is 0.338 e. The average Bonchev–Trinajstić information content (AvgIpc) is 2.63. The molecule has 6 heteroatoms. The number of hydrogen-bond acceptors (Lipinski definition) is 5. The molecule has 2 aromatic rings. The van der Waals surface area contributed by atoms with E-state index < -0.39 is 18.0 Å². The van der Waals surface area contributed by atoms with Crippen LogP contribution in [0.15, 0.2) is 48.5 Å². The summed E-state index contributed by atoms with van der Waals surface area (Å²) in [5.74, 6) is -1.09. The van der Waals surface area contributed by atoms with Gasteiger partial charge in [0.05, 0.1) is 12.2 Å². The molecule has 0 heterocycles. The monoisotopic (exact) mass is 355 g/mol. The first-order valence-electron chi connectivity index (χ1n) is 8.11. The maximum atomic E-state index is 12.2. The molecule has 0 radical (unpaired) electrons. The largest absolute Gasteiger partial charge is 0.449 e. The van der Waals surface area contributed by atoms with E-state index in [9.17, 15) is 14.4 Å². The minimum Gasteiger partial charge on any atom is -0.449 e. The highest BCUT2D eigenvalue weighted by Gasteiger charge is 2.19. The molecule has 0 bridgehead atoms. The third-order valence-corrected chi connectivity index (χ3v) is 3.71. The molecule has 2 rings (SSSR count). The number of ketones is 1. The molecule has 0 aliphatic carbocycles. The molecule has 0 spiro atoms. The summed E-state index contributed by atoms with van der Waals surface area (Å²) in [4.78, 5) is 35.5. The van der Waals surface area contributed by atoms with Crippen LogP contribution in [0, 0.1) is 0 Å². The lowest BCUT2D eigenvalue weighted by atomic mass is 10.1. The van der Waals surface area contributed by atoms with Crippen molar-refractivity contribution in [3.05, 3.63) is 65.2 Å². The van der Waals surface area contributed by atoms with Gasteiger partial charge in [0.15, 0.2) is 11.9 Å². The van der Waals surface area contributed by atoms with Gasteiger partial charge in [0.25, 0.3) is 5.91 Å². The van der Waals surface area contributed by atoms with Crippen molar-refractivity contribution in [1.82, 2.24) is 0 Å². The highest BCUT2D eigenvalue weighted by Crippen LogP contribution is 2.12. The fraction of sp³-hybridized carbons (Fsp3) is 0.250. The number of hydrogen-bond donors (Lipinski definition) is 1. The second kappa shape index (κ2) is 8.92. The third kappa shape index (κ3) is 5.26. The van der Waals surface area contributed by atoms with Crippen molar-refractivity contribution in [1.29, 1.82) is 0 Å². The zero-order valence-corrected chi connectivity index (χ0v) is 14.9. The van der Waals surface area contributed by atoms with Crippen molar-refractivity contribution in [2.24, 2.45) is 0 Å². The first-order valence-corrected chi connectivity index (χ1v) is 8.11. The predicted octanol–water partition coefficient (Wildman–Crippen LogP) is 3.22. The lowest BCUT2D eigenvalue weighted by Crippen LogP contribution is -2.30. The fourth-order valence-electron chi connectivity index (χ4n) is 2.22. The first kappa shape index (κ1) is 19.3. The lowest BCUT2D eigenvalue weighted by molar-refractivity contribution is -0.123. The zero-order valence-electron chi connectivity index (χ0n) is 14.9. The van der Waals surface area contributed by atoms with Crippen LogP contribution in [0.4, 0.5) is 5.69 Å². The maximum absolute atomic E-state index is 12.2. The van der Waals surface area contributed by atoms with Gasteiger partial charge in [-0.15, -0.1) is 0 Å². The number of esters is 1. The molecule has 26 heavy (non-hydrogen) atoms. The van der Waals surface area contributed by atoms with Gasteiger partial charge in [-0.2, -0.15) is 0 Å². The Kier molecular flexibility index (Phi) is 6.63. The van der Waals surface area contributed by atoms with Gasteiger partial charge in [0.2, 0.25) is 0 Å². The lowest BCUT2D eigenvalue weighted by Gasteiger charge is -2.14. The van der Waals surface area contributed by atoms with Crippen LogP contribution in [0.2, 0.25) is 0 Å². The van der Waals surface area contributed by atoms with Crippen LogP contribution in [-0.4, -0.2) is 30.9 Å². The highest BCUT2D eigenvalue weighted by molar-refractivity contribution is 5.98. The van der Waals surface area contributed by atoms with Crippen molar-refractivity contribution in [3.63, 3.8) is 0 Å². The quantitative estimate of drug-likeness (QED) is 0.609. The summed E-state index contributed by atoms with van der Waals surface area (Å²) in [6.07, 6.45) is -0.964. The number of carbonyl (C=O) groups is 3. The molecule has 0 unspecified atom stereocenters. The molecule has 6 nitrogen and oxygen atoms in total. The summed E-state index contributed by atoms with van der Waals surface area (Å²) in [5.41, 5.74) is 2.37. The molecule has 0 aliphatic rings. The van der Waals surface area contributed by atoms with Crippen LogP contribution in [-0.2, 0) is 20.9 Å². The number of benzene rings is 2. The Balaban J connectivity index is 1.93. The molecule has 0 aliphatic heterocycles. The van der Waals surface area contributed by atoms with Crippen LogP contribution in [0.1, 0.15) is 40.1 Å². The van der Waals surface area contributed by atoms with Gasteiger partial charge < -0.3 is 14.8 Å². The Hall–Kier alpha value is -2.99. The minimum absolute atomic E-state index is 0.0540. The second-order valence-corrected chi connectivity index (χ2v) is 5.80. The molecular weight excluding hydrogens is 334 g/mol. The Bertz CT molecular complexity index is 781. The van der Waals surface area contributed by atoms with Crippen molar-refractivity contribution >= 4 is 23.3 Å². The Morgan fingerprint density at radius 3 is 2.08 bits per heavy atom. The van der Waals surface area contributed by atoms with Gasteiger partial charge in [-0.05, 0) is 55.8 Å². The van der Waals surface area contributed by atoms with Crippen LogP contribution in [0.25, 0.3) is 0 Å². The molecule has 1 amide bonds. The van der Waals surface area contributed by atoms with Crippen molar-refractivity contribution in [2.45, 2.75) is 26.6 Å². The predicted molar refractivity (Wildman–Crippen MR) is 97.1 cm³/mol. The standard InChI is InChI=1S/C20H21NO5/c1-13(22)16-8-10-18(11-9-16)21-19(23)14(2)26-20(24)17-6-4-15(5-7-17)12-25-3/h4-11,14H,12H2,1-3H3,(H,21,23)/t14-/m0/s1. The molecule has 0 fully saturated rings. The van der Waals surface area contributed by atoms with Gasteiger partial charge in [0, 0.05) is 18.4 Å². The molecule has 2 aromatic carbocycles. The number of ether oxygens (including phenoxy) is 2. The van der Waals surface area contributed by atoms with E-state index in [1.54, 1.807) is 55.6 Å². The van der Waals surface area contributed by atoms with E-state index in [1.165, 1.54) is 13.8 Å². The highest BCUT2D eigenvalue weighted by atomic mass is 16.5. The Morgan fingerprint density at radius 2 is 1.54 bits per heavy atom. The molecule has 0 aromatic heterocycles. The summed E-state index contributed by atoms with van der Waals surface area (Å²) < 4.78 is 10.2. The molecular formula is C20H21NO5. The van der Waals surface area contributed by atoms with Gasteiger partial charge in [0.1, 0.15) is 0 Å². The number of anilines is 1. The topological polar surface area (TPSA) is 81.7 Å². The number of methoxy groups -OCH3 is 1. The van der Waals surface area contributed by atoms with Crippen molar-refractivity contribution in [2.75, 3.05) is 12.4 Å². The van der Waals surface area contributed by atoms with Crippen LogP contribution in [0.3, 0.4) is 0 Å². The van der Waals surface area contributed by atoms with E-state index in [2.05, 4.69) is 5.32 Å². The van der Waals surface area contributed by atoms with Gasteiger partial charge in [-0.1, -0.05) is 12.1 Å². The summed E-state index contributed by atoms with van der Waals surface area (Å²) in [7, 11) is 1.59. The SMILES string of the molecule is COCc1ccc(C(=O)O[C@@H](C)C(=O)Nc2ccc(C(C)=O)cc2)cc1. The van der Waals surface area contributed by atoms with E-state index in [-0.39, 0.29) is 5.78 Å². The maximum Gasteiger partial charge on any atom is 0.338 e. The van der Waals surface area contributed by atoms with Crippen LogP contribution >= 0.6 is 0 Å². The number of Topliss-reactive ketones (excluding diaryl/α,β-unsaturated/α-hetero) is 1. The van der Waals surface area contributed by atoms with Crippen LogP contribution in [0.5, 0.6) is 0 Å². The van der Waals surface area contributed by atoms with Crippen LogP contribution < -0.4 is 5.32 Å². The van der Waals surface area contributed by atoms with E-state index >= 15 is 0 Å². The van der Waals surface area contributed by atoms with E-state index in [0.29, 0.717) is 23.4 Å². The summed E-state index contributed by atoms with van der Waals surface area (Å²) in [6, 6.07) is 13.3. The third-order valence-electron chi connectivity index (χ3n) is 3.71. The Labute approximate surface area is 152 Å². The molecule has 136 valence electrons. The van der Waals surface area contributed by atoms with Gasteiger partial charge >= 0.3 is 5.97 Å². The van der Waals surface area contributed by atoms with Gasteiger partial charge in [-0.25, -0.2) is 4.79 Å². The number of nitrogens with one attached hydrogen (secondary N) is 1. The molecule has 0 saturated heterocycles. The molecule has 1 N–H and O–H groups in total. The summed E-state index contributed by atoms with van der Waals surface area (Å²) >= 11 is 0. The number of amides is 1. The summed E-state index contributed by atoms with van der Waals surface area (Å²) in [5, 5.41) is 2.65.